The Balaban J connectivity index is 1.61. The highest BCUT2D eigenvalue weighted by atomic mass is 19.4. The number of hydrogen-bond donors (Lipinski definition) is 3. The third-order valence-corrected chi connectivity index (χ3v) is 5.15. The highest BCUT2D eigenvalue weighted by Gasteiger charge is 2.49. The Kier molecular flexibility index (Phi) is 5.54. The van der Waals surface area contributed by atoms with Crippen LogP contribution in [0.1, 0.15) is 21.6 Å². The lowest BCUT2D eigenvalue weighted by molar-refractivity contribution is -0.137. The lowest BCUT2D eigenvalue weighted by atomic mass is 9.94. The number of alkyl halides is 3. The number of nitrogens with one attached hydrogen (secondary N) is 3. The minimum absolute atomic E-state index is 0.129. The van der Waals surface area contributed by atoms with Crippen LogP contribution in [-0.4, -0.2) is 34.4 Å². The average Bonchev–Trinajstić information content (AvgIpc) is 3.11. The monoisotopic (exact) mass is 455 g/mol. The predicted octanol–water partition coefficient (Wildman–Crippen LogP) is 2.63. The zero-order valence-corrected chi connectivity index (χ0v) is 16.8. The second-order valence-electron chi connectivity index (χ2n) is 7.21. The summed E-state index contributed by atoms with van der Waals surface area (Å²) in [5.41, 5.74) is -1.35. The molecular formula is C22H16F3N5O3. The van der Waals surface area contributed by atoms with Gasteiger partial charge in [0.05, 0.1) is 24.0 Å². The van der Waals surface area contributed by atoms with Crippen LogP contribution in [0.2, 0.25) is 0 Å². The molecule has 3 N–H and O–H groups in total. The summed E-state index contributed by atoms with van der Waals surface area (Å²) in [5.74, 6) is -1.30. The summed E-state index contributed by atoms with van der Waals surface area (Å²) in [7, 11) is 0. The molecule has 2 aromatic carbocycles. The Bertz CT molecular complexity index is 1220. The molecule has 1 aromatic heterocycles. The molecule has 168 valence electrons. The molecule has 1 saturated heterocycles. The minimum atomic E-state index is -4.48. The zero-order chi connectivity index (χ0) is 23.6. The molecule has 1 aliphatic heterocycles. The molecule has 1 aliphatic rings. The van der Waals surface area contributed by atoms with Crippen LogP contribution in [0.5, 0.6) is 0 Å². The third kappa shape index (κ3) is 4.25. The summed E-state index contributed by atoms with van der Waals surface area (Å²) in [5, 5.41) is 7.22. The summed E-state index contributed by atoms with van der Waals surface area (Å²) >= 11 is 0. The van der Waals surface area contributed by atoms with Crippen molar-refractivity contribution in [2.24, 2.45) is 0 Å². The smallest absolute Gasteiger partial charge is 0.349 e. The Morgan fingerprint density at radius 3 is 2.36 bits per heavy atom. The number of carbonyl (C=O) groups is 3. The molecule has 3 aromatic rings. The quantitative estimate of drug-likeness (QED) is 0.512. The van der Waals surface area contributed by atoms with E-state index in [9.17, 15) is 27.6 Å². The van der Waals surface area contributed by atoms with E-state index in [0.29, 0.717) is 11.1 Å². The maximum Gasteiger partial charge on any atom is 0.416 e. The van der Waals surface area contributed by atoms with Gasteiger partial charge in [0.2, 0.25) is 0 Å². The number of amides is 4. The van der Waals surface area contributed by atoms with Gasteiger partial charge in [-0.1, -0.05) is 30.3 Å². The first kappa shape index (κ1) is 21.9. The van der Waals surface area contributed by atoms with Crippen LogP contribution in [-0.2, 0) is 16.5 Å². The van der Waals surface area contributed by atoms with E-state index >= 15 is 0 Å². The number of imide groups is 1. The molecule has 0 radical (unpaired) electrons. The number of benzene rings is 2. The largest absolute Gasteiger partial charge is 0.416 e. The van der Waals surface area contributed by atoms with Crippen molar-refractivity contribution in [1.29, 1.82) is 0 Å². The standard InChI is InChI=1S/C22H16F3N5O3/c23-22(24,25)14-7-5-13(6-8-14)15-3-1-2-4-16(15)18(31)28-12-21(17-11-26-9-10-27-17)19(32)29-20(33)30-21/h1-11H,12H2,(H,28,31)(H2,29,30,32,33)/t21-/m1/s1. The average molecular weight is 455 g/mol. The molecule has 1 atom stereocenters. The number of halogens is 3. The summed E-state index contributed by atoms with van der Waals surface area (Å²) in [6, 6.07) is 10.0. The highest BCUT2D eigenvalue weighted by molar-refractivity contribution is 6.08. The summed E-state index contributed by atoms with van der Waals surface area (Å²) in [4.78, 5) is 45.4. The second-order valence-corrected chi connectivity index (χ2v) is 7.21. The van der Waals surface area contributed by atoms with Crippen LogP contribution in [0.25, 0.3) is 11.1 Å². The van der Waals surface area contributed by atoms with Crippen molar-refractivity contribution in [2.45, 2.75) is 11.7 Å². The van der Waals surface area contributed by atoms with Crippen LogP contribution in [0.15, 0.2) is 67.1 Å². The van der Waals surface area contributed by atoms with E-state index in [0.717, 1.165) is 12.1 Å². The highest BCUT2D eigenvalue weighted by Crippen LogP contribution is 2.32. The van der Waals surface area contributed by atoms with Gasteiger partial charge >= 0.3 is 12.2 Å². The number of nitrogens with zero attached hydrogens (tertiary/aromatic N) is 2. The van der Waals surface area contributed by atoms with Crippen molar-refractivity contribution in [3.05, 3.63) is 83.9 Å². The number of hydrogen-bond acceptors (Lipinski definition) is 5. The first-order valence-corrected chi connectivity index (χ1v) is 9.66. The Morgan fingerprint density at radius 1 is 1.03 bits per heavy atom. The molecule has 0 bridgehead atoms. The molecule has 8 nitrogen and oxygen atoms in total. The fourth-order valence-corrected chi connectivity index (χ4v) is 3.49. The van der Waals surface area contributed by atoms with Gasteiger partial charge in [-0.3, -0.25) is 24.9 Å². The van der Waals surface area contributed by atoms with Gasteiger partial charge in [-0.15, -0.1) is 0 Å². The molecular weight excluding hydrogens is 439 g/mol. The van der Waals surface area contributed by atoms with Gasteiger partial charge in [0.25, 0.3) is 11.8 Å². The van der Waals surface area contributed by atoms with E-state index in [2.05, 4.69) is 25.9 Å². The predicted molar refractivity (Wildman–Crippen MR) is 110 cm³/mol. The number of urea groups is 1. The van der Waals surface area contributed by atoms with Crippen LogP contribution in [0, 0.1) is 0 Å². The van der Waals surface area contributed by atoms with Crippen molar-refractivity contribution in [2.75, 3.05) is 6.54 Å². The van der Waals surface area contributed by atoms with Crippen LogP contribution >= 0.6 is 0 Å². The molecule has 0 saturated carbocycles. The molecule has 2 heterocycles. The molecule has 4 rings (SSSR count). The van der Waals surface area contributed by atoms with Crippen molar-refractivity contribution < 1.29 is 27.6 Å². The number of aromatic nitrogens is 2. The lowest BCUT2D eigenvalue weighted by Crippen LogP contribution is -2.53. The molecule has 0 spiro atoms. The normalized spacial score (nSPS) is 17.9. The third-order valence-electron chi connectivity index (χ3n) is 5.15. The van der Waals surface area contributed by atoms with Crippen molar-refractivity contribution in [3.63, 3.8) is 0 Å². The van der Waals surface area contributed by atoms with Crippen molar-refractivity contribution in [3.8, 4) is 11.1 Å². The molecule has 1 fully saturated rings. The maximum atomic E-state index is 13.0. The maximum absolute atomic E-state index is 13.0. The SMILES string of the molecule is O=C1NC(=O)[C@@](CNC(=O)c2ccccc2-c2ccc(C(F)(F)F)cc2)(c2cnccn2)N1. The Morgan fingerprint density at radius 2 is 1.76 bits per heavy atom. The zero-order valence-electron chi connectivity index (χ0n) is 16.8. The molecule has 0 aliphatic carbocycles. The van der Waals surface area contributed by atoms with Gasteiger partial charge in [0.15, 0.2) is 5.54 Å². The van der Waals surface area contributed by atoms with E-state index in [1.54, 1.807) is 18.2 Å². The van der Waals surface area contributed by atoms with E-state index in [4.69, 9.17) is 0 Å². The van der Waals surface area contributed by atoms with Gasteiger partial charge < -0.3 is 10.6 Å². The van der Waals surface area contributed by atoms with Gasteiger partial charge in [-0.2, -0.15) is 13.2 Å². The fourth-order valence-electron chi connectivity index (χ4n) is 3.49. The topological polar surface area (TPSA) is 113 Å². The first-order valence-electron chi connectivity index (χ1n) is 9.66. The molecule has 4 amide bonds. The van der Waals surface area contributed by atoms with Crippen molar-refractivity contribution >= 4 is 17.8 Å². The fraction of sp³-hybridized carbons (Fsp3) is 0.136. The van der Waals surface area contributed by atoms with Crippen LogP contribution in [0.4, 0.5) is 18.0 Å². The Labute approximate surface area is 185 Å². The lowest BCUT2D eigenvalue weighted by Gasteiger charge is -2.25. The Hall–Kier alpha value is -4.28. The van der Waals surface area contributed by atoms with Crippen molar-refractivity contribution in [1.82, 2.24) is 25.9 Å². The summed E-state index contributed by atoms with van der Waals surface area (Å²) in [6.07, 6.45) is -0.439. The van der Waals surface area contributed by atoms with Gasteiger partial charge in [0.1, 0.15) is 0 Å². The van der Waals surface area contributed by atoms with E-state index in [-0.39, 0.29) is 17.8 Å². The second kappa shape index (κ2) is 8.34. The molecule has 33 heavy (non-hydrogen) atoms. The minimum Gasteiger partial charge on any atom is -0.349 e. The number of rotatable bonds is 5. The van der Waals surface area contributed by atoms with E-state index in [1.165, 1.54) is 36.8 Å². The van der Waals surface area contributed by atoms with Crippen LogP contribution in [0.3, 0.4) is 0 Å². The number of carbonyl (C=O) groups excluding carboxylic acids is 3. The molecule has 11 heteroatoms. The van der Waals surface area contributed by atoms with Gasteiger partial charge in [-0.05, 0) is 29.3 Å². The molecule has 0 unspecified atom stereocenters. The van der Waals surface area contributed by atoms with Gasteiger partial charge in [-0.25, -0.2) is 4.79 Å². The van der Waals surface area contributed by atoms with E-state index in [1.807, 2.05) is 0 Å². The summed E-state index contributed by atoms with van der Waals surface area (Å²) in [6.45, 7) is -0.330. The van der Waals surface area contributed by atoms with E-state index < -0.39 is 35.1 Å². The van der Waals surface area contributed by atoms with Gasteiger partial charge in [0, 0.05) is 18.0 Å². The van der Waals surface area contributed by atoms with Crippen LogP contribution < -0.4 is 16.0 Å². The summed E-state index contributed by atoms with van der Waals surface area (Å²) < 4.78 is 38.6. The first-order chi connectivity index (χ1) is 15.7.